The maximum Gasteiger partial charge on any atom is 0.280 e. The van der Waals surface area contributed by atoms with Crippen molar-refractivity contribution in [1.82, 2.24) is 24.4 Å². The van der Waals surface area contributed by atoms with Gasteiger partial charge in [-0.3, -0.25) is 4.79 Å². The van der Waals surface area contributed by atoms with Gasteiger partial charge in [0.1, 0.15) is 5.52 Å². The van der Waals surface area contributed by atoms with Crippen LogP contribution in [0, 0.1) is 0 Å². The summed E-state index contributed by atoms with van der Waals surface area (Å²) >= 11 is 6.04. The largest absolute Gasteiger partial charge is 0.378 e. The highest BCUT2D eigenvalue weighted by atomic mass is 35.5. The molecule has 0 spiro atoms. The number of halogens is 1. The van der Waals surface area contributed by atoms with Gasteiger partial charge in [0.2, 0.25) is 0 Å². The van der Waals surface area contributed by atoms with Crippen molar-refractivity contribution in [3.63, 3.8) is 0 Å². The Labute approximate surface area is 177 Å². The predicted molar refractivity (Wildman–Crippen MR) is 113 cm³/mol. The first kappa shape index (κ1) is 19.2. The third-order valence-corrected chi connectivity index (χ3v) is 5.62. The van der Waals surface area contributed by atoms with Gasteiger partial charge in [-0.15, -0.1) is 10.2 Å². The summed E-state index contributed by atoms with van der Waals surface area (Å²) in [6.07, 6.45) is 3.81. The molecule has 0 aliphatic carbocycles. The lowest BCUT2D eigenvalue weighted by molar-refractivity contribution is 0.0963. The molecule has 0 bridgehead atoms. The summed E-state index contributed by atoms with van der Waals surface area (Å²) in [6, 6.07) is 9.29. The maximum absolute atomic E-state index is 13.0. The highest BCUT2D eigenvalue weighted by molar-refractivity contribution is 6.30. The topological polar surface area (TPSA) is 83.5 Å². The van der Waals surface area contributed by atoms with Crippen LogP contribution in [0.4, 0.5) is 0 Å². The summed E-state index contributed by atoms with van der Waals surface area (Å²) in [5.74, 6) is 0. The summed E-state index contributed by atoms with van der Waals surface area (Å²) in [5.41, 5.74) is 3.67. The van der Waals surface area contributed by atoms with E-state index in [0.717, 1.165) is 30.6 Å². The fourth-order valence-electron chi connectivity index (χ4n) is 3.93. The highest BCUT2D eigenvalue weighted by Gasteiger charge is 2.21. The monoisotopic (exact) mass is 425 g/mol. The van der Waals surface area contributed by atoms with E-state index in [1.165, 1.54) is 0 Å². The quantitative estimate of drug-likeness (QED) is 0.488. The molecule has 30 heavy (non-hydrogen) atoms. The zero-order valence-electron chi connectivity index (χ0n) is 16.4. The standard InChI is InChI=1S/C21H20ClN5O3/c1-29-12-16-18(13-4-6-14(22)7-5-13)20-24-23-19-17(27(20)25-16)8-9-26(21(19)28)11-15-3-2-10-30-15/h4-9,15H,2-3,10-12H2,1H3. The molecule has 9 heteroatoms. The van der Waals surface area contributed by atoms with Gasteiger partial charge in [-0.05, 0) is 36.6 Å². The normalized spacial score (nSPS) is 16.7. The van der Waals surface area contributed by atoms with Crippen LogP contribution in [0.2, 0.25) is 5.02 Å². The SMILES string of the molecule is COCc1nn2c(nnc3c(=O)n(CC4CCCO4)ccc32)c1-c1ccc(Cl)cc1. The van der Waals surface area contributed by atoms with Crippen LogP contribution in [0.3, 0.4) is 0 Å². The number of hydrogen-bond acceptors (Lipinski definition) is 6. The number of pyridine rings is 1. The average molecular weight is 426 g/mol. The third kappa shape index (κ3) is 3.27. The molecule has 4 heterocycles. The van der Waals surface area contributed by atoms with E-state index in [2.05, 4.69) is 15.3 Å². The third-order valence-electron chi connectivity index (χ3n) is 5.36. The van der Waals surface area contributed by atoms with E-state index in [-0.39, 0.29) is 17.2 Å². The first-order valence-electron chi connectivity index (χ1n) is 9.79. The van der Waals surface area contributed by atoms with Crippen LogP contribution in [0.15, 0.2) is 41.3 Å². The maximum atomic E-state index is 13.0. The van der Waals surface area contributed by atoms with E-state index in [0.29, 0.717) is 35.0 Å². The van der Waals surface area contributed by atoms with E-state index in [1.807, 2.05) is 30.3 Å². The Morgan fingerprint density at radius 1 is 1.23 bits per heavy atom. The first-order chi connectivity index (χ1) is 14.7. The van der Waals surface area contributed by atoms with Gasteiger partial charge in [-0.2, -0.15) is 5.10 Å². The minimum atomic E-state index is -0.200. The summed E-state index contributed by atoms with van der Waals surface area (Å²) in [6.45, 7) is 1.56. The Bertz CT molecular complexity index is 1280. The van der Waals surface area contributed by atoms with Crippen molar-refractivity contribution in [2.24, 2.45) is 0 Å². The van der Waals surface area contributed by atoms with Crippen molar-refractivity contribution in [2.45, 2.75) is 32.1 Å². The molecule has 1 saturated heterocycles. The van der Waals surface area contributed by atoms with Crippen LogP contribution in [-0.4, -0.2) is 44.2 Å². The van der Waals surface area contributed by atoms with E-state index in [9.17, 15) is 4.79 Å². The fourth-order valence-corrected chi connectivity index (χ4v) is 4.06. The zero-order valence-corrected chi connectivity index (χ0v) is 17.2. The number of hydrogen-bond donors (Lipinski definition) is 0. The average Bonchev–Trinajstić information content (AvgIpc) is 3.39. The number of nitrogens with zero attached hydrogens (tertiary/aromatic N) is 5. The van der Waals surface area contributed by atoms with Gasteiger partial charge in [0.25, 0.3) is 5.56 Å². The van der Waals surface area contributed by atoms with Crippen LogP contribution in [0.5, 0.6) is 0 Å². The number of methoxy groups -OCH3 is 1. The predicted octanol–water partition coefficient (Wildman–Crippen LogP) is 3.09. The molecule has 0 saturated carbocycles. The minimum Gasteiger partial charge on any atom is -0.378 e. The summed E-state index contributed by atoms with van der Waals surface area (Å²) in [4.78, 5) is 13.0. The molecule has 0 radical (unpaired) electrons. The van der Waals surface area contributed by atoms with Crippen molar-refractivity contribution < 1.29 is 9.47 Å². The molecule has 1 aromatic carbocycles. The lowest BCUT2D eigenvalue weighted by Crippen LogP contribution is -2.27. The second kappa shape index (κ2) is 7.79. The number of ether oxygens (including phenoxy) is 2. The van der Waals surface area contributed by atoms with Gasteiger partial charge in [0.05, 0.1) is 30.5 Å². The number of rotatable bonds is 5. The van der Waals surface area contributed by atoms with Crippen LogP contribution >= 0.6 is 11.6 Å². The molecule has 1 atom stereocenters. The summed E-state index contributed by atoms with van der Waals surface area (Å²) in [5, 5.41) is 14.0. The Morgan fingerprint density at radius 3 is 2.80 bits per heavy atom. The molecule has 1 aliphatic heterocycles. The Hall–Kier alpha value is -2.81. The molecule has 1 fully saturated rings. The molecular weight excluding hydrogens is 406 g/mol. The smallest absolute Gasteiger partial charge is 0.280 e. The van der Waals surface area contributed by atoms with Crippen LogP contribution in [0.25, 0.3) is 27.8 Å². The molecule has 5 rings (SSSR count). The Balaban J connectivity index is 1.68. The lowest BCUT2D eigenvalue weighted by Gasteiger charge is -2.12. The van der Waals surface area contributed by atoms with Gasteiger partial charge in [0, 0.05) is 24.9 Å². The van der Waals surface area contributed by atoms with Gasteiger partial charge < -0.3 is 14.0 Å². The molecule has 8 nitrogen and oxygen atoms in total. The summed E-state index contributed by atoms with van der Waals surface area (Å²) < 4.78 is 14.3. The van der Waals surface area contributed by atoms with Crippen molar-refractivity contribution in [2.75, 3.05) is 13.7 Å². The number of aromatic nitrogens is 5. The number of benzene rings is 1. The molecular formula is C21H20ClN5O3. The molecule has 1 unspecified atom stereocenters. The highest BCUT2D eigenvalue weighted by Crippen LogP contribution is 2.30. The first-order valence-corrected chi connectivity index (χ1v) is 10.2. The van der Waals surface area contributed by atoms with Crippen molar-refractivity contribution >= 4 is 28.3 Å². The van der Waals surface area contributed by atoms with Crippen molar-refractivity contribution in [3.05, 3.63) is 57.6 Å². The van der Waals surface area contributed by atoms with Crippen LogP contribution < -0.4 is 5.56 Å². The van der Waals surface area contributed by atoms with Crippen LogP contribution in [-0.2, 0) is 22.6 Å². The lowest BCUT2D eigenvalue weighted by atomic mass is 10.1. The van der Waals surface area contributed by atoms with E-state index in [1.54, 1.807) is 22.4 Å². The van der Waals surface area contributed by atoms with Crippen molar-refractivity contribution in [3.8, 4) is 11.1 Å². The molecule has 0 amide bonds. The molecule has 154 valence electrons. The van der Waals surface area contributed by atoms with E-state index >= 15 is 0 Å². The van der Waals surface area contributed by atoms with Gasteiger partial charge in [-0.1, -0.05) is 23.7 Å². The number of fused-ring (bicyclic) bond motifs is 3. The molecule has 3 aromatic heterocycles. The van der Waals surface area contributed by atoms with Crippen LogP contribution in [0.1, 0.15) is 18.5 Å². The molecule has 0 N–H and O–H groups in total. The van der Waals surface area contributed by atoms with E-state index in [4.69, 9.17) is 21.1 Å². The minimum absolute atomic E-state index is 0.0614. The molecule has 4 aromatic rings. The Kier molecular flexibility index (Phi) is 4.98. The molecule has 1 aliphatic rings. The fraction of sp³-hybridized carbons (Fsp3) is 0.333. The Morgan fingerprint density at radius 2 is 2.07 bits per heavy atom. The van der Waals surface area contributed by atoms with E-state index < -0.39 is 0 Å². The van der Waals surface area contributed by atoms with Gasteiger partial charge in [-0.25, -0.2) is 4.52 Å². The second-order valence-corrected chi connectivity index (χ2v) is 7.78. The summed E-state index contributed by atoms with van der Waals surface area (Å²) in [7, 11) is 1.61. The van der Waals surface area contributed by atoms with Gasteiger partial charge in [0.15, 0.2) is 11.2 Å². The van der Waals surface area contributed by atoms with Crippen molar-refractivity contribution in [1.29, 1.82) is 0 Å². The zero-order chi connectivity index (χ0) is 20.7. The van der Waals surface area contributed by atoms with Gasteiger partial charge >= 0.3 is 0 Å². The second-order valence-electron chi connectivity index (χ2n) is 7.34.